The number of nitrogens with zero attached hydrogens (tertiary/aromatic N) is 3. The second-order valence-electron chi connectivity index (χ2n) is 14.9. The van der Waals surface area contributed by atoms with Crippen molar-refractivity contribution in [2.24, 2.45) is 0 Å². The second-order valence-corrected chi connectivity index (χ2v) is 18.9. The molecule has 4 aromatic rings. The van der Waals surface area contributed by atoms with Crippen LogP contribution in [0.25, 0.3) is 11.4 Å². The zero-order valence-corrected chi connectivity index (χ0v) is 35.2. The fourth-order valence-corrected chi connectivity index (χ4v) is 10.8. The van der Waals surface area contributed by atoms with Crippen molar-refractivity contribution in [3.05, 3.63) is 102 Å². The molecule has 56 heavy (non-hydrogen) atoms. The predicted molar refractivity (Wildman–Crippen MR) is 224 cm³/mol. The molecule has 1 aromatic heterocycles. The highest BCUT2D eigenvalue weighted by Gasteiger charge is 2.49. The number of esters is 2. The van der Waals surface area contributed by atoms with E-state index in [4.69, 9.17) is 19.2 Å². The second kappa shape index (κ2) is 21.6. The average molecular weight is 784 g/mol. The van der Waals surface area contributed by atoms with Crippen LogP contribution in [-0.4, -0.2) is 85.4 Å². The van der Waals surface area contributed by atoms with Crippen LogP contribution in [-0.2, 0) is 20.8 Å². The van der Waals surface area contributed by atoms with Gasteiger partial charge in [-0.3, -0.25) is 4.79 Å². The number of hydrogen-bond acceptors (Lipinski definition) is 8. The number of unbranched alkanes of at least 4 members (excludes halogenated alkanes) is 3. The Kier molecular flexibility index (Phi) is 17.1. The number of methoxy groups -OCH3 is 1. The number of benzene rings is 3. The van der Waals surface area contributed by atoms with Gasteiger partial charge < -0.3 is 28.5 Å². The van der Waals surface area contributed by atoms with Crippen molar-refractivity contribution in [1.82, 2.24) is 14.5 Å². The van der Waals surface area contributed by atoms with E-state index in [1.165, 1.54) is 13.2 Å². The fraction of sp³-hybridized carbons (Fsp3) is 0.467. The Balaban J connectivity index is 1.59. The molecule has 1 heterocycles. The average Bonchev–Trinajstić information content (AvgIpc) is 3.65. The molecule has 0 bridgehead atoms. The van der Waals surface area contributed by atoms with E-state index in [9.17, 15) is 19.2 Å². The number of amides is 1. The maximum Gasteiger partial charge on any atom is 0.338 e. The number of rotatable bonds is 23. The third-order valence-corrected chi connectivity index (χ3v) is 15.0. The van der Waals surface area contributed by atoms with Gasteiger partial charge in [0.1, 0.15) is 11.5 Å². The quantitative estimate of drug-likeness (QED) is 0.0463. The summed E-state index contributed by atoms with van der Waals surface area (Å²) in [6.45, 7) is 13.2. The van der Waals surface area contributed by atoms with Crippen LogP contribution in [0.2, 0.25) is 5.04 Å². The number of hydrogen-bond donors (Lipinski definition) is 1. The molecule has 0 aliphatic rings. The Morgan fingerprint density at radius 1 is 0.786 bits per heavy atom. The molecule has 0 atom stereocenters. The van der Waals surface area contributed by atoms with E-state index in [0.717, 1.165) is 55.3 Å². The van der Waals surface area contributed by atoms with Crippen LogP contribution in [0.1, 0.15) is 117 Å². The van der Waals surface area contributed by atoms with Crippen molar-refractivity contribution in [3.63, 3.8) is 0 Å². The number of imidazole rings is 1. The molecule has 0 aliphatic heterocycles. The SMILES string of the molecule is CCCCOC(=O)c1cc(C(=O)OC)ccc1-c1nc(C(=O)N(CCCC)CCCC)cn1CCOCCCC(C)(C)[Si](O)(c1ccccc1)c1ccccc1. The summed E-state index contributed by atoms with van der Waals surface area (Å²) < 4.78 is 18.6. The molecule has 11 heteroatoms. The molecule has 1 amide bonds. The fourth-order valence-electron chi connectivity index (χ4n) is 6.99. The van der Waals surface area contributed by atoms with E-state index in [2.05, 4.69) is 27.7 Å². The summed E-state index contributed by atoms with van der Waals surface area (Å²) in [6, 6.07) is 24.7. The Bertz CT molecular complexity index is 1800. The standard InChI is InChI=1S/C45H61N3O7Si/c1-7-10-27-47(28-11-8-2)42(49)40-34-48(41(46-40)38-25-24-35(43(50)53-6)33-39(38)44(51)55-31-12-9-3)29-32-54-30-19-26-45(4,5)56(52,36-20-15-13-16-21-36)37-22-17-14-18-23-37/h13-18,20-25,33-34,52H,7-12,19,26-32H2,1-6H3. The minimum absolute atomic E-state index is 0.165. The van der Waals surface area contributed by atoms with Crippen LogP contribution < -0.4 is 10.4 Å². The molecule has 0 saturated carbocycles. The molecule has 0 saturated heterocycles. The zero-order valence-electron chi connectivity index (χ0n) is 34.2. The molecule has 0 fully saturated rings. The van der Waals surface area contributed by atoms with Crippen molar-refractivity contribution < 1.29 is 33.4 Å². The van der Waals surface area contributed by atoms with Crippen molar-refractivity contribution in [3.8, 4) is 11.4 Å². The summed E-state index contributed by atoms with van der Waals surface area (Å²) in [5.41, 5.74) is 1.10. The van der Waals surface area contributed by atoms with Gasteiger partial charge in [0.05, 0.1) is 31.5 Å². The van der Waals surface area contributed by atoms with Crippen LogP contribution in [0.3, 0.4) is 0 Å². The summed E-state index contributed by atoms with van der Waals surface area (Å²) in [7, 11) is -1.85. The maximum atomic E-state index is 14.0. The molecule has 0 radical (unpaired) electrons. The van der Waals surface area contributed by atoms with Gasteiger partial charge in [-0.05, 0) is 65.7 Å². The van der Waals surface area contributed by atoms with Gasteiger partial charge in [-0.1, -0.05) is 115 Å². The summed E-state index contributed by atoms with van der Waals surface area (Å²) in [4.78, 5) is 59.3. The van der Waals surface area contributed by atoms with E-state index in [1.54, 1.807) is 18.3 Å². The highest BCUT2D eigenvalue weighted by atomic mass is 28.4. The lowest BCUT2D eigenvalue weighted by Crippen LogP contribution is -2.65. The van der Waals surface area contributed by atoms with Crippen LogP contribution in [0.15, 0.2) is 85.1 Å². The van der Waals surface area contributed by atoms with Crippen LogP contribution in [0.5, 0.6) is 0 Å². The number of carbonyl (C=O) groups excluding carboxylic acids is 3. The van der Waals surface area contributed by atoms with Crippen LogP contribution in [0.4, 0.5) is 0 Å². The van der Waals surface area contributed by atoms with E-state index in [-0.39, 0.29) is 29.3 Å². The molecule has 10 nitrogen and oxygen atoms in total. The highest BCUT2D eigenvalue weighted by Crippen LogP contribution is 2.39. The monoisotopic (exact) mass is 783 g/mol. The Hall–Kier alpha value is -4.58. The summed E-state index contributed by atoms with van der Waals surface area (Å²) in [5.74, 6) is -0.917. The first-order valence-corrected chi connectivity index (χ1v) is 22.1. The van der Waals surface area contributed by atoms with Gasteiger partial charge in [-0.2, -0.15) is 0 Å². The van der Waals surface area contributed by atoms with Crippen molar-refractivity contribution in [2.75, 3.05) is 40.0 Å². The lowest BCUT2D eigenvalue weighted by atomic mass is 10.0. The zero-order chi connectivity index (χ0) is 40.6. The topological polar surface area (TPSA) is 120 Å². The Labute approximate surface area is 334 Å². The molecule has 4 rings (SSSR count). The first-order valence-electron chi connectivity index (χ1n) is 20.2. The van der Waals surface area contributed by atoms with Crippen LogP contribution >= 0.6 is 0 Å². The molecule has 302 valence electrons. The smallest absolute Gasteiger partial charge is 0.338 e. The van der Waals surface area contributed by atoms with Gasteiger partial charge >= 0.3 is 11.9 Å². The number of ether oxygens (including phenoxy) is 3. The minimum Gasteiger partial charge on any atom is -0.465 e. The number of aromatic nitrogens is 2. The van der Waals surface area contributed by atoms with Crippen molar-refractivity contribution in [2.45, 2.75) is 97.6 Å². The molecular formula is C45H61N3O7Si. The van der Waals surface area contributed by atoms with Gasteiger partial charge in [0.15, 0.2) is 0 Å². The van der Waals surface area contributed by atoms with Gasteiger partial charge in [-0.15, -0.1) is 0 Å². The molecule has 0 aliphatic carbocycles. The van der Waals surface area contributed by atoms with Gasteiger partial charge in [0, 0.05) is 38.0 Å². The van der Waals surface area contributed by atoms with Gasteiger partial charge in [0.2, 0.25) is 0 Å². The first kappa shape index (κ1) is 44.1. The van der Waals surface area contributed by atoms with Gasteiger partial charge in [0.25, 0.3) is 14.2 Å². The van der Waals surface area contributed by atoms with Crippen molar-refractivity contribution >= 4 is 36.5 Å². The molecule has 0 unspecified atom stereocenters. The van der Waals surface area contributed by atoms with E-state index in [0.29, 0.717) is 50.7 Å². The molecule has 1 N–H and O–H groups in total. The van der Waals surface area contributed by atoms with E-state index >= 15 is 0 Å². The minimum atomic E-state index is -3.14. The predicted octanol–water partition coefficient (Wildman–Crippen LogP) is 7.67. The summed E-state index contributed by atoms with van der Waals surface area (Å²) in [5, 5.41) is 1.56. The molecular weight excluding hydrogens is 723 g/mol. The molecule has 3 aromatic carbocycles. The maximum absolute atomic E-state index is 14.0. The molecule has 0 spiro atoms. The summed E-state index contributed by atoms with van der Waals surface area (Å²) in [6.07, 6.45) is 8.45. The number of carbonyl (C=O) groups is 3. The normalized spacial score (nSPS) is 11.7. The van der Waals surface area contributed by atoms with Gasteiger partial charge in [-0.25, -0.2) is 14.6 Å². The van der Waals surface area contributed by atoms with Crippen molar-refractivity contribution in [1.29, 1.82) is 0 Å². The third-order valence-electron chi connectivity index (χ3n) is 10.4. The lowest BCUT2D eigenvalue weighted by Gasteiger charge is -2.41. The van der Waals surface area contributed by atoms with E-state index in [1.807, 2.05) is 77.1 Å². The largest absolute Gasteiger partial charge is 0.465 e. The summed E-state index contributed by atoms with van der Waals surface area (Å²) >= 11 is 0. The Morgan fingerprint density at radius 2 is 1.39 bits per heavy atom. The van der Waals surface area contributed by atoms with E-state index < -0.39 is 25.3 Å². The lowest BCUT2D eigenvalue weighted by molar-refractivity contribution is 0.0500. The Morgan fingerprint density at radius 3 is 1.96 bits per heavy atom. The highest BCUT2D eigenvalue weighted by molar-refractivity contribution is 6.98. The van der Waals surface area contributed by atoms with Crippen LogP contribution in [0, 0.1) is 0 Å². The first-order chi connectivity index (χ1) is 27.0. The third kappa shape index (κ3) is 11.0.